The van der Waals surface area contributed by atoms with Gasteiger partial charge in [0.1, 0.15) is 12.6 Å². The van der Waals surface area contributed by atoms with Crippen molar-refractivity contribution in [1.82, 2.24) is 10.2 Å². The molecule has 208 valence electrons. The normalized spacial score (nSPS) is 12.2. The van der Waals surface area contributed by atoms with Crippen LogP contribution in [-0.2, 0) is 32.6 Å². The van der Waals surface area contributed by atoms with E-state index in [1.807, 2.05) is 44.2 Å². The lowest BCUT2D eigenvalue weighted by molar-refractivity contribution is -0.140. The highest BCUT2D eigenvalue weighted by Crippen LogP contribution is 2.27. The van der Waals surface area contributed by atoms with Gasteiger partial charge in [-0.2, -0.15) is 0 Å². The Bertz CT molecular complexity index is 1380. The van der Waals surface area contributed by atoms with Crippen LogP contribution < -0.4 is 9.62 Å². The number of carbonyl (C=O) groups excluding carboxylic acids is 2. The van der Waals surface area contributed by atoms with Crippen LogP contribution in [0.4, 0.5) is 5.69 Å². The van der Waals surface area contributed by atoms with Crippen LogP contribution in [0.3, 0.4) is 0 Å². The summed E-state index contributed by atoms with van der Waals surface area (Å²) in [6.45, 7) is 3.14. The Morgan fingerprint density at radius 3 is 1.97 bits per heavy atom. The molecule has 0 aromatic heterocycles. The van der Waals surface area contributed by atoms with E-state index < -0.39 is 28.5 Å². The Balaban J connectivity index is 2.06. The molecule has 3 aromatic carbocycles. The lowest BCUT2D eigenvalue weighted by atomic mass is 10.0. The molecule has 0 bridgehead atoms. The summed E-state index contributed by atoms with van der Waals surface area (Å²) in [5.74, 6) is -0.931. The van der Waals surface area contributed by atoms with Crippen LogP contribution in [0.25, 0.3) is 0 Å². The summed E-state index contributed by atoms with van der Waals surface area (Å²) in [6.07, 6.45) is 1.21. The molecule has 1 N–H and O–H groups in total. The molecule has 0 aliphatic rings. The fraction of sp³-hybridized carbons (Fsp3) is 0.286. The average molecular weight is 611 g/mol. The Labute approximate surface area is 244 Å². The van der Waals surface area contributed by atoms with Gasteiger partial charge < -0.3 is 10.2 Å². The minimum absolute atomic E-state index is 0.0485. The predicted molar refractivity (Wildman–Crippen MR) is 158 cm³/mol. The van der Waals surface area contributed by atoms with Crippen LogP contribution in [0.1, 0.15) is 25.0 Å². The van der Waals surface area contributed by atoms with Crippen LogP contribution in [0.15, 0.2) is 72.8 Å². The molecular formula is C28H30Cl3N3O4S. The third-order valence-electron chi connectivity index (χ3n) is 5.78. The van der Waals surface area contributed by atoms with Gasteiger partial charge in [-0.1, -0.05) is 77.3 Å². The maximum Gasteiger partial charge on any atom is 0.244 e. The van der Waals surface area contributed by atoms with Crippen molar-refractivity contribution in [2.24, 2.45) is 0 Å². The van der Waals surface area contributed by atoms with E-state index >= 15 is 0 Å². The molecule has 1 atom stereocenters. The number of benzene rings is 3. The number of nitrogens with zero attached hydrogens (tertiary/aromatic N) is 2. The first kappa shape index (κ1) is 30.8. The summed E-state index contributed by atoms with van der Waals surface area (Å²) in [6, 6.07) is 19.4. The second kappa shape index (κ2) is 13.5. The summed E-state index contributed by atoms with van der Waals surface area (Å²) in [7, 11) is -3.93. The van der Waals surface area contributed by atoms with Gasteiger partial charge in [0, 0.05) is 34.1 Å². The van der Waals surface area contributed by atoms with Crippen molar-refractivity contribution < 1.29 is 18.0 Å². The zero-order valence-electron chi connectivity index (χ0n) is 21.8. The number of hydrogen-bond acceptors (Lipinski definition) is 4. The number of anilines is 1. The standard InChI is InChI=1S/C28H30Cl3N3O4S/c1-19(2)32-28(36)26(13-20-7-5-4-6-8-20)33(17-21-9-11-22(29)12-10-21)27(35)18-34(39(3,37)38)25-15-23(30)14-24(31)16-25/h4-12,14-16,19,26H,13,17-18H2,1-3H3,(H,32,36)/t26-/m1/s1. The number of sulfonamides is 1. The van der Waals surface area contributed by atoms with E-state index in [2.05, 4.69) is 5.32 Å². The van der Waals surface area contributed by atoms with Crippen molar-refractivity contribution in [3.05, 3.63) is 99.0 Å². The van der Waals surface area contributed by atoms with Crippen molar-refractivity contribution in [2.75, 3.05) is 17.1 Å². The van der Waals surface area contributed by atoms with E-state index in [-0.39, 0.29) is 40.6 Å². The molecule has 7 nitrogen and oxygen atoms in total. The van der Waals surface area contributed by atoms with E-state index in [1.165, 1.54) is 23.1 Å². The SMILES string of the molecule is CC(C)NC(=O)[C@@H](Cc1ccccc1)N(Cc1ccc(Cl)cc1)C(=O)CN(c1cc(Cl)cc(Cl)c1)S(C)(=O)=O. The van der Waals surface area contributed by atoms with Gasteiger partial charge in [-0.15, -0.1) is 0 Å². The first-order valence-electron chi connectivity index (χ1n) is 12.2. The molecule has 0 fully saturated rings. The van der Waals surface area contributed by atoms with Gasteiger partial charge in [-0.05, 0) is 55.3 Å². The number of amides is 2. The molecule has 2 amide bonds. The van der Waals surface area contributed by atoms with E-state index in [0.29, 0.717) is 5.02 Å². The summed E-state index contributed by atoms with van der Waals surface area (Å²) in [4.78, 5) is 28.9. The quantitative estimate of drug-likeness (QED) is 0.307. The molecule has 0 aliphatic heterocycles. The molecule has 0 saturated carbocycles. The second-order valence-electron chi connectivity index (χ2n) is 9.41. The van der Waals surface area contributed by atoms with E-state index in [1.54, 1.807) is 24.3 Å². The van der Waals surface area contributed by atoms with E-state index in [9.17, 15) is 18.0 Å². The molecule has 39 heavy (non-hydrogen) atoms. The van der Waals surface area contributed by atoms with Crippen LogP contribution in [0.2, 0.25) is 15.1 Å². The molecule has 0 spiro atoms. The number of halogens is 3. The van der Waals surface area contributed by atoms with Crippen LogP contribution in [0.5, 0.6) is 0 Å². The van der Waals surface area contributed by atoms with Crippen molar-refractivity contribution >= 4 is 62.3 Å². The zero-order valence-corrected chi connectivity index (χ0v) is 24.9. The van der Waals surface area contributed by atoms with Gasteiger partial charge in [-0.3, -0.25) is 13.9 Å². The van der Waals surface area contributed by atoms with Gasteiger partial charge in [-0.25, -0.2) is 8.42 Å². The maximum atomic E-state index is 14.0. The molecule has 0 aliphatic carbocycles. The van der Waals surface area contributed by atoms with Crippen molar-refractivity contribution in [3.8, 4) is 0 Å². The summed E-state index contributed by atoms with van der Waals surface area (Å²) in [5, 5.41) is 3.86. The second-order valence-corrected chi connectivity index (χ2v) is 12.6. The number of carbonyl (C=O) groups is 2. The van der Waals surface area contributed by atoms with Gasteiger partial charge in [0.25, 0.3) is 0 Å². The predicted octanol–water partition coefficient (Wildman–Crippen LogP) is 5.58. The highest BCUT2D eigenvalue weighted by atomic mass is 35.5. The zero-order chi connectivity index (χ0) is 28.7. The lowest BCUT2D eigenvalue weighted by Gasteiger charge is -2.34. The lowest BCUT2D eigenvalue weighted by Crippen LogP contribution is -2.54. The van der Waals surface area contributed by atoms with Gasteiger partial charge in [0.15, 0.2) is 0 Å². The van der Waals surface area contributed by atoms with Crippen LogP contribution in [0, 0.1) is 0 Å². The van der Waals surface area contributed by atoms with Crippen molar-refractivity contribution in [1.29, 1.82) is 0 Å². The molecule has 11 heteroatoms. The first-order chi connectivity index (χ1) is 18.3. The van der Waals surface area contributed by atoms with Gasteiger partial charge >= 0.3 is 0 Å². The molecule has 0 heterocycles. The first-order valence-corrected chi connectivity index (χ1v) is 15.1. The molecule has 3 aromatic rings. The Kier molecular flexibility index (Phi) is 10.7. The summed E-state index contributed by atoms with van der Waals surface area (Å²) < 4.78 is 26.6. The molecule has 0 unspecified atom stereocenters. The number of rotatable bonds is 11. The van der Waals surface area contributed by atoms with E-state index in [4.69, 9.17) is 34.8 Å². The third kappa shape index (κ3) is 9.14. The van der Waals surface area contributed by atoms with E-state index in [0.717, 1.165) is 21.7 Å². The van der Waals surface area contributed by atoms with Gasteiger partial charge in [0.2, 0.25) is 21.8 Å². The fourth-order valence-electron chi connectivity index (χ4n) is 4.02. The van der Waals surface area contributed by atoms with Crippen LogP contribution >= 0.6 is 34.8 Å². The third-order valence-corrected chi connectivity index (χ3v) is 7.61. The monoisotopic (exact) mass is 609 g/mol. The Morgan fingerprint density at radius 2 is 1.44 bits per heavy atom. The Morgan fingerprint density at radius 1 is 0.846 bits per heavy atom. The highest BCUT2D eigenvalue weighted by Gasteiger charge is 2.33. The minimum atomic E-state index is -3.93. The number of hydrogen-bond donors (Lipinski definition) is 1. The summed E-state index contributed by atoms with van der Waals surface area (Å²) >= 11 is 18.3. The smallest absolute Gasteiger partial charge is 0.244 e. The number of nitrogens with one attached hydrogen (secondary N) is 1. The van der Waals surface area contributed by atoms with Crippen molar-refractivity contribution in [3.63, 3.8) is 0 Å². The largest absolute Gasteiger partial charge is 0.352 e. The topological polar surface area (TPSA) is 86.8 Å². The molecule has 0 saturated heterocycles. The fourth-order valence-corrected chi connectivity index (χ4v) is 5.49. The van der Waals surface area contributed by atoms with Gasteiger partial charge in [0.05, 0.1) is 11.9 Å². The molecule has 0 radical (unpaired) electrons. The summed E-state index contributed by atoms with van der Waals surface area (Å²) in [5.41, 5.74) is 1.71. The average Bonchev–Trinajstić information content (AvgIpc) is 2.84. The highest BCUT2D eigenvalue weighted by molar-refractivity contribution is 7.92. The maximum absolute atomic E-state index is 14.0. The van der Waals surface area contributed by atoms with Crippen molar-refractivity contribution in [2.45, 2.75) is 38.9 Å². The molecule has 3 rings (SSSR count). The minimum Gasteiger partial charge on any atom is -0.352 e. The Hall–Kier alpha value is -2.78. The molecular weight excluding hydrogens is 581 g/mol. The van der Waals surface area contributed by atoms with Crippen LogP contribution in [-0.4, -0.2) is 50.0 Å².